The van der Waals surface area contributed by atoms with Gasteiger partial charge in [-0.05, 0) is 18.8 Å². The van der Waals surface area contributed by atoms with Crippen molar-refractivity contribution in [1.82, 2.24) is 5.32 Å². The molecule has 0 aromatic carbocycles. The van der Waals surface area contributed by atoms with Gasteiger partial charge in [-0.25, -0.2) is 0 Å². The number of carbonyl (C=O) groups excluding carboxylic acids is 1. The van der Waals surface area contributed by atoms with Crippen molar-refractivity contribution in [3.8, 4) is 0 Å². The van der Waals surface area contributed by atoms with E-state index in [9.17, 15) is 4.79 Å². The number of methoxy groups -OCH3 is 1. The molecule has 2 aliphatic rings. The van der Waals surface area contributed by atoms with E-state index in [1.54, 1.807) is 0 Å². The highest BCUT2D eigenvalue weighted by Gasteiger charge is 2.42. The summed E-state index contributed by atoms with van der Waals surface area (Å²) in [5.74, 6) is 0.650. The molecule has 3 atom stereocenters. The Kier molecular flexibility index (Phi) is 2.05. The van der Waals surface area contributed by atoms with Crippen molar-refractivity contribution in [1.29, 1.82) is 0 Å². The average molecular weight is 169 g/mol. The fourth-order valence-electron chi connectivity index (χ4n) is 2.56. The molecule has 0 radical (unpaired) electrons. The van der Waals surface area contributed by atoms with Crippen molar-refractivity contribution in [3.05, 3.63) is 0 Å². The first-order valence-corrected chi connectivity index (χ1v) is 4.64. The summed E-state index contributed by atoms with van der Waals surface area (Å²) in [6.45, 7) is 0.821. The van der Waals surface area contributed by atoms with Crippen molar-refractivity contribution in [2.24, 2.45) is 11.8 Å². The summed E-state index contributed by atoms with van der Waals surface area (Å²) in [6, 6.07) is 0.592. The van der Waals surface area contributed by atoms with Crippen LogP contribution in [-0.4, -0.2) is 25.7 Å². The third-order valence-electron chi connectivity index (χ3n) is 3.19. The summed E-state index contributed by atoms with van der Waals surface area (Å²) < 4.78 is 4.76. The molecule has 1 saturated carbocycles. The minimum absolute atomic E-state index is 0.0306. The maximum absolute atomic E-state index is 11.3. The van der Waals surface area contributed by atoms with Gasteiger partial charge in [0.15, 0.2) is 0 Å². The van der Waals surface area contributed by atoms with Crippen LogP contribution in [0.15, 0.2) is 0 Å². The van der Waals surface area contributed by atoms with Gasteiger partial charge >= 0.3 is 5.97 Å². The molecule has 3 nitrogen and oxygen atoms in total. The van der Waals surface area contributed by atoms with Crippen molar-refractivity contribution in [2.75, 3.05) is 13.7 Å². The normalized spacial score (nSPS) is 39.6. The van der Waals surface area contributed by atoms with E-state index in [0.29, 0.717) is 12.0 Å². The molecule has 3 unspecified atom stereocenters. The Bertz CT molecular complexity index is 193. The third-order valence-corrected chi connectivity index (χ3v) is 3.19. The van der Waals surface area contributed by atoms with Crippen molar-refractivity contribution >= 4 is 5.97 Å². The zero-order valence-electron chi connectivity index (χ0n) is 7.38. The van der Waals surface area contributed by atoms with Gasteiger partial charge in [0.25, 0.3) is 0 Å². The van der Waals surface area contributed by atoms with E-state index in [2.05, 4.69) is 5.32 Å². The van der Waals surface area contributed by atoms with Gasteiger partial charge in [0.1, 0.15) is 0 Å². The van der Waals surface area contributed by atoms with Crippen LogP contribution in [0, 0.1) is 11.8 Å². The SMILES string of the molecule is COC(=O)C1CNC2CCCC21. The standard InChI is InChI=1S/C9H15NO2/c1-12-9(11)7-5-10-8-4-2-3-6(7)8/h6-8,10H,2-5H2,1H3. The molecule has 0 aromatic heterocycles. The van der Waals surface area contributed by atoms with Gasteiger partial charge in [-0.3, -0.25) is 4.79 Å². The Morgan fingerprint density at radius 2 is 2.33 bits per heavy atom. The highest BCUT2D eigenvalue weighted by Crippen LogP contribution is 2.36. The van der Waals surface area contributed by atoms with Crippen molar-refractivity contribution in [3.63, 3.8) is 0 Å². The molecular weight excluding hydrogens is 154 g/mol. The summed E-state index contributed by atoms with van der Waals surface area (Å²) in [5.41, 5.74) is 0. The number of fused-ring (bicyclic) bond motifs is 1. The lowest BCUT2D eigenvalue weighted by atomic mass is 9.93. The van der Waals surface area contributed by atoms with Gasteiger partial charge < -0.3 is 10.1 Å². The topological polar surface area (TPSA) is 38.3 Å². The lowest BCUT2D eigenvalue weighted by Crippen LogP contribution is -2.23. The summed E-state index contributed by atoms with van der Waals surface area (Å²) in [5, 5.41) is 3.38. The number of ether oxygens (including phenoxy) is 1. The molecule has 0 amide bonds. The van der Waals surface area contributed by atoms with E-state index in [4.69, 9.17) is 4.74 Å². The van der Waals surface area contributed by atoms with Crippen LogP contribution < -0.4 is 5.32 Å². The number of hydrogen-bond acceptors (Lipinski definition) is 3. The maximum atomic E-state index is 11.3. The summed E-state index contributed by atoms with van der Waals surface area (Å²) >= 11 is 0. The van der Waals surface area contributed by atoms with E-state index in [1.807, 2.05) is 0 Å². The minimum atomic E-state index is -0.0306. The lowest BCUT2D eigenvalue weighted by Gasteiger charge is -2.13. The first-order chi connectivity index (χ1) is 5.83. The predicted octanol–water partition coefficient (Wildman–Crippen LogP) is 0.547. The van der Waals surface area contributed by atoms with Crippen LogP contribution in [0.2, 0.25) is 0 Å². The van der Waals surface area contributed by atoms with Crippen molar-refractivity contribution < 1.29 is 9.53 Å². The zero-order valence-corrected chi connectivity index (χ0v) is 7.38. The largest absolute Gasteiger partial charge is 0.469 e. The molecule has 2 fully saturated rings. The van der Waals surface area contributed by atoms with Crippen LogP contribution in [-0.2, 0) is 9.53 Å². The fourth-order valence-corrected chi connectivity index (χ4v) is 2.56. The number of hydrogen-bond donors (Lipinski definition) is 1. The van der Waals surface area contributed by atoms with Gasteiger partial charge in [-0.2, -0.15) is 0 Å². The molecule has 68 valence electrons. The minimum Gasteiger partial charge on any atom is -0.469 e. The molecule has 0 aromatic rings. The van der Waals surface area contributed by atoms with Crippen LogP contribution in [0.1, 0.15) is 19.3 Å². The summed E-state index contributed by atoms with van der Waals surface area (Å²) in [4.78, 5) is 11.3. The molecular formula is C9H15NO2. The average Bonchev–Trinajstić information content (AvgIpc) is 2.62. The Labute approximate surface area is 72.5 Å². The highest BCUT2D eigenvalue weighted by atomic mass is 16.5. The second-order valence-electron chi connectivity index (χ2n) is 3.74. The van der Waals surface area contributed by atoms with Crippen LogP contribution in [0.3, 0.4) is 0 Å². The molecule has 0 spiro atoms. The van der Waals surface area contributed by atoms with E-state index >= 15 is 0 Å². The molecule has 3 heteroatoms. The lowest BCUT2D eigenvalue weighted by molar-refractivity contribution is -0.146. The van der Waals surface area contributed by atoms with Crippen LogP contribution >= 0.6 is 0 Å². The Balaban J connectivity index is 2.04. The fraction of sp³-hybridized carbons (Fsp3) is 0.889. The number of nitrogens with one attached hydrogen (secondary N) is 1. The molecule has 1 aliphatic heterocycles. The number of carbonyl (C=O) groups is 1. The summed E-state index contributed by atoms with van der Waals surface area (Å²) in [7, 11) is 1.48. The highest BCUT2D eigenvalue weighted by molar-refractivity contribution is 5.73. The number of esters is 1. The quantitative estimate of drug-likeness (QED) is 0.582. The maximum Gasteiger partial charge on any atom is 0.310 e. The van der Waals surface area contributed by atoms with Crippen LogP contribution in [0.5, 0.6) is 0 Å². The predicted molar refractivity (Wildman–Crippen MR) is 44.6 cm³/mol. The third kappa shape index (κ3) is 1.12. The first-order valence-electron chi connectivity index (χ1n) is 4.64. The molecule has 1 heterocycles. The van der Waals surface area contributed by atoms with Gasteiger partial charge in [-0.15, -0.1) is 0 Å². The molecule has 1 saturated heterocycles. The van der Waals surface area contributed by atoms with Crippen LogP contribution in [0.4, 0.5) is 0 Å². The zero-order chi connectivity index (χ0) is 8.55. The first kappa shape index (κ1) is 8.05. The van der Waals surface area contributed by atoms with Crippen LogP contribution in [0.25, 0.3) is 0 Å². The monoisotopic (exact) mass is 169 g/mol. The van der Waals surface area contributed by atoms with E-state index in [0.717, 1.165) is 6.54 Å². The Morgan fingerprint density at radius 3 is 3.08 bits per heavy atom. The molecule has 12 heavy (non-hydrogen) atoms. The second kappa shape index (κ2) is 3.05. The van der Waals surface area contributed by atoms with Crippen molar-refractivity contribution in [2.45, 2.75) is 25.3 Å². The number of rotatable bonds is 1. The smallest absolute Gasteiger partial charge is 0.310 e. The Hall–Kier alpha value is -0.570. The van der Waals surface area contributed by atoms with Gasteiger partial charge in [0, 0.05) is 12.6 Å². The Morgan fingerprint density at radius 1 is 1.50 bits per heavy atom. The van der Waals surface area contributed by atoms with Gasteiger partial charge in [0.2, 0.25) is 0 Å². The molecule has 1 N–H and O–H groups in total. The molecule has 0 bridgehead atoms. The van der Waals surface area contributed by atoms with Gasteiger partial charge in [-0.1, -0.05) is 6.42 Å². The van der Waals surface area contributed by atoms with E-state index in [-0.39, 0.29) is 11.9 Å². The molecule has 2 rings (SSSR count). The molecule has 1 aliphatic carbocycles. The van der Waals surface area contributed by atoms with Gasteiger partial charge in [0.05, 0.1) is 13.0 Å². The van der Waals surface area contributed by atoms with E-state index in [1.165, 1.54) is 26.4 Å². The summed E-state index contributed by atoms with van der Waals surface area (Å²) in [6.07, 6.45) is 3.69. The van der Waals surface area contributed by atoms with E-state index < -0.39 is 0 Å². The second-order valence-corrected chi connectivity index (χ2v) is 3.74.